The summed E-state index contributed by atoms with van der Waals surface area (Å²) < 4.78 is 34.4. The predicted octanol–water partition coefficient (Wildman–Crippen LogP) is 0.397. The lowest BCUT2D eigenvalue weighted by Crippen LogP contribution is -2.51. The maximum Gasteiger partial charge on any atom is 0.280 e. The van der Waals surface area contributed by atoms with Crippen LogP contribution in [-0.4, -0.2) is 38.9 Å². The molecule has 0 saturated carbocycles. The molecule has 1 aliphatic carbocycles. The number of hydrogen-bond acceptors (Lipinski definition) is 4. The summed E-state index contributed by atoms with van der Waals surface area (Å²) in [6.07, 6.45) is 4.32. The van der Waals surface area contributed by atoms with Crippen LogP contribution in [0.3, 0.4) is 0 Å². The van der Waals surface area contributed by atoms with Crippen LogP contribution in [0.2, 0.25) is 0 Å². The van der Waals surface area contributed by atoms with Crippen LogP contribution in [0.5, 0.6) is 0 Å². The first-order valence-corrected chi connectivity index (χ1v) is 8.15. The molecule has 0 amide bonds. The summed E-state index contributed by atoms with van der Waals surface area (Å²) in [4.78, 5) is 0. The van der Waals surface area contributed by atoms with Crippen LogP contribution in [0.15, 0.2) is 16.7 Å². The number of hydrogen-bond donors (Lipinski definition) is 2. The van der Waals surface area contributed by atoms with Crippen molar-refractivity contribution in [1.82, 2.24) is 14.3 Å². The van der Waals surface area contributed by atoms with Crippen LogP contribution in [0.25, 0.3) is 0 Å². The third-order valence-electron chi connectivity index (χ3n) is 3.76. The minimum Gasteiger partial charge on any atom is -0.469 e. The zero-order valence-corrected chi connectivity index (χ0v) is 11.6. The van der Waals surface area contributed by atoms with E-state index in [4.69, 9.17) is 4.42 Å². The third-order valence-corrected chi connectivity index (χ3v) is 5.39. The number of furan rings is 1. The Morgan fingerprint density at radius 3 is 2.95 bits per heavy atom. The molecule has 1 aromatic heterocycles. The number of nitrogens with zero attached hydrogens (tertiary/aromatic N) is 1. The molecule has 0 spiro atoms. The average Bonchev–Trinajstić information content (AvgIpc) is 2.89. The average molecular weight is 285 g/mol. The summed E-state index contributed by atoms with van der Waals surface area (Å²) in [6.45, 7) is 2.48. The summed E-state index contributed by atoms with van der Waals surface area (Å²) in [5.74, 6) is 0.916. The minimum absolute atomic E-state index is 0.151. The Labute approximate surface area is 113 Å². The molecule has 2 N–H and O–H groups in total. The van der Waals surface area contributed by atoms with Gasteiger partial charge in [-0.2, -0.15) is 17.4 Å². The van der Waals surface area contributed by atoms with Crippen molar-refractivity contribution in [2.24, 2.45) is 0 Å². The van der Waals surface area contributed by atoms with Gasteiger partial charge < -0.3 is 9.73 Å². The van der Waals surface area contributed by atoms with Gasteiger partial charge >= 0.3 is 0 Å². The highest BCUT2D eigenvalue weighted by molar-refractivity contribution is 7.87. The van der Waals surface area contributed by atoms with Gasteiger partial charge in [0.2, 0.25) is 0 Å². The van der Waals surface area contributed by atoms with E-state index >= 15 is 0 Å². The maximum absolute atomic E-state index is 12.3. The summed E-state index contributed by atoms with van der Waals surface area (Å²) in [5, 5.41) is 3.15. The first-order chi connectivity index (χ1) is 9.17. The first kappa shape index (κ1) is 13.1. The van der Waals surface area contributed by atoms with Crippen molar-refractivity contribution >= 4 is 10.2 Å². The molecule has 1 saturated heterocycles. The van der Waals surface area contributed by atoms with Gasteiger partial charge in [0.15, 0.2) is 0 Å². The lowest BCUT2D eigenvalue weighted by Gasteiger charge is -2.30. The second-order valence-electron chi connectivity index (χ2n) is 5.02. The highest BCUT2D eigenvalue weighted by Gasteiger charge is 2.30. The van der Waals surface area contributed by atoms with Crippen LogP contribution >= 0.6 is 0 Å². The number of fused-ring (bicyclic) bond motifs is 1. The topological polar surface area (TPSA) is 74.6 Å². The highest BCUT2D eigenvalue weighted by atomic mass is 32.2. The molecule has 3 rings (SSSR count). The molecule has 0 radical (unpaired) electrons. The van der Waals surface area contributed by atoms with E-state index < -0.39 is 10.2 Å². The second-order valence-corrected chi connectivity index (χ2v) is 6.72. The third kappa shape index (κ3) is 2.69. The van der Waals surface area contributed by atoms with Crippen LogP contribution in [0.4, 0.5) is 0 Å². The standard InChI is InChI=1S/C12H19N3O3S/c16-19(17,15-7-5-13-6-8-15)14-11-2-1-3-12-10(11)4-9-18-12/h4,9,11,13-14H,1-3,5-8H2. The fourth-order valence-corrected chi connectivity index (χ4v) is 4.16. The van der Waals surface area contributed by atoms with Crippen molar-refractivity contribution in [1.29, 1.82) is 0 Å². The molecule has 1 aliphatic heterocycles. The monoisotopic (exact) mass is 285 g/mol. The summed E-state index contributed by atoms with van der Waals surface area (Å²) in [6, 6.07) is 1.72. The first-order valence-electron chi connectivity index (χ1n) is 6.71. The van der Waals surface area contributed by atoms with Crippen molar-refractivity contribution in [3.05, 3.63) is 23.7 Å². The van der Waals surface area contributed by atoms with Crippen molar-refractivity contribution in [2.45, 2.75) is 25.3 Å². The zero-order chi connectivity index (χ0) is 13.3. The van der Waals surface area contributed by atoms with Gasteiger partial charge in [0.25, 0.3) is 10.2 Å². The van der Waals surface area contributed by atoms with Crippen LogP contribution < -0.4 is 10.0 Å². The van der Waals surface area contributed by atoms with E-state index in [1.54, 1.807) is 6.26 Å². The van der Waals surface area contributed by atoms with Gasteiger partial charge in [-0.25, -0.2) is 0 Å². The molecule has 1 unspecified atom stereocenters. The lowest BCUT2D eigenvalue weighted by atomic mass is 9.94. The van der Waals surface area contributed by atoms with E-state index in [1.165, 1.54) is 4.31 Å². The fraction of sp³-hybridized carbons (Fsp3) is 0.667. The predicted molar refractivity (Wildman–Crippen MR) is 70.9 cm³/mol. The summed E-state index contributed by atoms with van der Waals surface area (Å²) in [7, 11) is -3.40. The Morgan fingerprint density at radius 1 is 1.37 bits per heavy atom. The van der Waals surface area contributed by atoms with Gasteiger partial charge in [-0.05, 0) is 18.9 Å². The molecule has 19 heavy (non-hydrogen) atoms. The molecule has 1 fully saturated rings. The molecular weight excluding hydrogens is 266 g/mol. The van der Waals surface area contributed by atoms with Gasteiger partial charge in [0.05, 0.1) is 12.3 Å². The van der Waals surface area contributed by atoms with Gasteiger partial charge in [0, 0.05) is 38.2 Å². The minimum atomic E-state index is -3.40. The molecular formula is C12H19N3O3S. The van der Waals surface area contributed by atoms with E-state index in [2.05, 4.69) is 10.0 Å². The van der Waals surface area contributed by atoms with E-state index in [1.807, 2.05) is 6.07 Å². The molecule has 2 heterocycles. The smallest absolute Gasteiger partial charge is 0.280 e. The van der Waals surface area contributed by atoms with Crippen molar-refractivity contribution < 1.29 is 12.8 Å². The van der Waals surface area contributed by atoms with Crippen molar-refractivity contribution in [3.8, 4) is 0 Å². The Hall–Kier alpha value is -0.890. The summed E-state index contributed by atoms with van der Waals surface area (Å²) >= 11 is 0. The molecule has 1 atom stereocenters. The van der Waals surface area contributed by atoms with Gasteiger partial charge in [-0.15, -0.1) is 0 Å². The largest absolute Gasteiger partial charge is 0.469 e. The van der Waals surface area contributed by atoms with Crippen LogP contribution in [0, 0.1) is 0 Å². The van der Waals surface area contributed by atoms with Crippen LogP contribution in [0.1, 0.15) is 30.2 Å². The van der Waals surface area contributed by atoms with Gasteiger partial charge in [-0.3, -0.25) is 0 Å². The fourth-order valence-electron chi connectivity index (χ4n) is 2.75. The SMILES string of the molecule is O=S(=O)(NC1CCCc2occc21)N1CCNCC1. The number of nitrogens with one attached hydrogen (secondary N) is 2. The molecule has 0 aromatic carbocycles. The number of piperazine rings is 1. The van der Waals surface area contributed by atoms with E-state index in [-0.39, 0.29) is 6.04 Å². The quantitative estimate of drug-likeness (QED) is 0.843. The van der Waals surface area contributed by atoms with Crippen LogP contribution in [-0.2, 0) is 16.6 Å². The highest BCUT2D eigenvalue weighted by Crippen LogP contribution is 2.31. The molecule has 1 aromatic rings. The van der Waals surface area contributed by atoms with Crippen molar-refractivity contribution in [3.63, 3.8) is 0 Å². The Bertz CT molecular complexity index is 534. The molecule has 6 nitrogen and oxygen atoms in total. The molecule has 0 bridgehead atoms. The summed E-state index contributed by atoms with van der Waals surface area (Å²) in [5.41, 5.74) is 0.991. The van der Waals surface area contributed by atoms with E-state index in [9.17, 15) is 8.42 Å². The zero-order valence-electron chi connectivity index (χ0n) is 10.8. The van der Waals surface area contributed by atoms with E-state index in [0.717, 1.165) is 30.6 Å². The Morgan fingerprint density at radius 2 is 2.16 bits per heavy atom. The maximum atomic E-state index is 12.3. The van der Waals surface area contributed by atoms with Gasteiger partial charge in [-0.1, -0.05) is 0 Å². The molecule has 106 valence electrons. The molecule has 2 aliphatic rings. The van der Waals surface area contributed by atoms with E-state index in [0.29, 0.717) is 26.2 Å². The second kappa shape index (κ2) is 5.24. The number of aryl methyl sites for hydroxylation is 1. The van der Waals surface area contributed by atoms with Crippen molar-refractivity contribution in [2.75, 3.05) is 26.2 Å². The Kier molecular flexibility index (Phi) is 3.62. The molecule has 7 heteroatoms. The Balaban J connectivity index is 1.75. The van der Waals surface area contributed by atoms with Gasteiger partial charge in [0.1, 0.15) is 5.76 Å². The number of rotatable bonds is 3. The normalized spacial score (nSPS) is 25.2. The lowest BCUT2D eigenvalue weighted by molar-refractivity contribution is 0.347.